The molecular formula is C28H21NO6. The third kappa shape index (κ3) is 7.45. The predicted octanol–water partition coefficient (Wildman–Crippen LogP) is 3.88. The molecule has 0 heterocycles. The summed E-state index contributed by atoms with van der Waals surface area (Å²) in [5.74, 6) is -0.347. The summed E-state index contributed by atoms with van der Waals surface area (Å²) in [5, 5.41) is 0. The fraction of sp³-hybridized carbons (Fsp3) is 0.0714. The predicted molar refractivity (Wildman–Crippen MR) is 132 cm³/mol. The van der Waals surface area contributed by atoms with Crippen LogP contribution in [0.2, 0.25) is 0 Å². The highest BCUT2D eigenvalue weighted by atomic mass is 16.6. The number of nitrogens with two attached hydrogens (primary N) is 1. The molecule has 0 fully saturated rings. The molecule has 0 spiro atoms. The van der Waals surface area contributed by atoms with Gasteiger partial charge in [-0.2, -0.15) is 0 Å². The molecule has 0 aliphatic rings. The van der Waals surface area contributed by atoms with Crippen molar-refractivity contribution in [3.05, 3.63) is 89.5 Å². The summed E-state index contributed by atoms with van der Waals surface area (Å²) in [6.07, 6.45) is 15.5. The second-order valence-electron chi connectivity index (χ2n) is 7.03. The van der Waals surface area contributed by atoms with E-state index in [1.807, 2.05) is 66.8 Å². The molecule has 0 atom stereocenters. The van der Waals surface area contributed by atoms with Crippen LogP contribution in [-0.2, 0) is 19.1 Å². The van der Waals surface area contributed by atoms with Crippen LogP contribution in [0.1, 0.15) is 16.7 Å². The van der Waals surface area contributed by atoms with E-state index in [9.17, 15) is 9.59 Å². The quantitative estimate of drug-likeness (QED) is 0.221. The second-order valence-corrected chi connectivity index (χ2v) is 7.03. The third-order valence-electron chi connectivity index (χ3n) is 4.64. The van der Waals surface area contributed by atoms with Gasteiger partial charge in [-0.1, -0.05) is 49.2 Å². The zero-order valence-corrected chi connectivity index (χ0v) is 18.6. The van der Waals surface area contributed by atoms with Gasteiger partial charge in [0.25, 0.3) is 0 Å². The van der Waals surface area contributed by atoms with Crippen LogP contribution in [0.15, 0.2) is 72.8 Å². The average molecular weight is 467 g/mol. The van der Waals surface area contributed by atoms with Gasteiger partial charge in [-0.15, -0.1) is 0 Å². The number of terminal acetylenes is 2. The van der Waals surface area contributed by atoms with Crippen molar-refractivity contribution in [2.45, 2.75) is 0 Å². The zero-order valence-electron chi connectivity index (χ0n) is 18.6. The van der Waals surface area contributed by atoms with Crippen molar-refractivity contribution in [1.82, 2.24) is 0 Å². The maximum absolute atomic E-state index is 11.4. The van der Waals surface area contributed by atoms with E-state index >= 15 is 0 Å². The van der Waals surface area contributed by atoms with Crippen LogP contribution in [0.3, 0.4) is 0 Å². The van der Waals surface area contributed by atoms with Gasteiger partial charge in [0, 0.05) is 5.69 Å². The Bertz CT molecular complexity index is 1200. The van der Waals surface area contributed by atoms with E-state index < -0.39 is 11.9 Å². The number of hydrogen-bond donors (Lipinski definition) is 1. The second kappa shape index (κ2) is 12.2. The highest BCUT2D eigenvalue weighted by Crippen LogP contribution is 2.29. The lowest BCUT2D eigenvalue weighted by Crippen LogP contribution is -2.12. The van der Waals surface area contributed by atoms with Crippen LogP contribution in [-0.4, -0.2) is 25.2 Å². The molecule has 0 saturated carbocycles. The molecule has 0 bridgehead atoms. The van der Waals surface area contributed by atoms with Gasteiger partial charge in [-0.3, -0.25) is 0 Å². The van der Waals surface area contributed by atoms with Crippen LogP contribution < -0.4 is 15.2 Å². The van der Waals surface area contributed by atoms with E-state index in [1.54, 1.807) is 24.3 Å². The molecule has 174 valence electrons. The first-order chi connectivity index (χ1) is 17.0. The Hall–Kier alpha value is -5.14. The van der Waals surface area contributed by atoms with E-state index in [0.29, 0.717) is 17.2 Å². The molecule has 3 rings (SSSR count). The van der Waals surface area contributed by atoms with Crippen LogP contribution in [0.25, 0.3) is 11.6 Å². The monoisotopic (exact) mass is 467 g/mol. The minimum atomic E-state index is -0.657. The van der Waals surface area contributed by atoms with E-state index in [2.05, 4.69) is 9.47 Å². The van der Waals surface area contributed by atoms with Gasteiger partial charge in [0.1, 0.15) is 23.7 Å². The van der Waals surface area contributed by atoms with Gasteiger partial charge in [0.15, 0.2) is 13.2 Å². The molecule has 0 aromatic heterocycles. The fourth-order valence-corrected chi connectivity index (χ4v) is 3.03. The SMILES string of the molecule is C#COC(=O)COc1ccc(C(=Cc2ccc(N)cc2)c2ccc(OCC(=O)OC#C)cc2)cc1. The van der Waals surface area contributed by atoms with Crippen LogP contribution in [0.5, 0.6) is 11.5 Å². The van der Waals surface area contributed by atoms with Crippen molar-refractivity contribution in [3.8, 4) is 36.6 Å². The van der Waals surface area contributed by atoms with Gasteiger partial charge in [-0.05, 0) is 64.7 Å². The summed E-state index contributed by atoms with van der Waals surface area (Å²) < 4.78 is 19.6. The molecule has 7 heteroatoms. The summed E-state index contributed by atoms with van der Waals surface area (Å²) in [5.41, 5.74) is 10.1. The minimum Gasteiger partial charge on any atom is -0.482 e. The van der Waals surface area contributed by atoms with Crippen molar-refractivity contribution >= 4 is 29.3 Å². The Morgan fingerprint density at radius 2 is 1.14 bits per heavy atom. The molecule has 7 nitrogen and oxygen atoms in total. The Kier molecular flexibility index (Phi) is 8.54. The smallest absolute Gasteiger partial charge is 0.358 e. The topological polar surface area (TPSA) is 97.1 Å². The van der Waals surface area contributed by atoms with Crippen molar-refractivity contribution in [3.63, 3.8) is 0 Å². The summed E-state index contributed by atoms with van der Waals surface area (Å²) in [4.78, 5) is 22.8. The number of esters is 2. The van der Waals surface area contributed by atoms with Crippen LogP contribution in [0, 0.1) is 25.1 Å². The highest BCUT2D eigenvalue weighted by Gasteiger charge is 2.09. The molecule has 35 heavy (non-hydrogen) atoms. The molecule has 0 amide bonds. The van der Waals surface area contributed by atoms with E-state index in [1.165, 1.54) is 0 Å². The van der Waals surface area contributed by atoms with Gasteiger partial charge in [0.2, 0.25) is 0 Å². The Morgan fingerprint density at radius 1 is 0.714 bits per heavy atom. The minimum absolute atomic E-state index is 0.298. The summed E-state index contributed by atoms with van der Waals surface area (Å²) >= 11 is 0. The number of rotatable bonds is 9. The summed E-state index contributed by atoms with van der Waals surface area (Å²) in [6, 6.07) is 21.9. The number of hydrogen-bond acceptors (Lipinski definition) is 7. The van der Waals surface area contributed by atoms with Crippen LogP contribution in [0.4, 0.5) is 5.69 Å². The normalized spacial score (nSPS) is 9.66. The first kappa shape index (κ1) is 24.5. The van der Waals surface area contributed by atoms with Gasteiger partial charge >= 0.3 is 11.9 Å². The molecule has 0 radical (unpaired) electrons. The summed E-state index contributed by atoms with van der Waals surface area (Å²) in [7, 11) is 0. The largest absolute Gasteiger partial charge is 0.482 e. The molecule has 0 unspecified atom stereocenters. The molecule has 0 aliphatic carbocycles. The lowest BCUT2D eigenvalue weighted by molar-refractivity contribution is -0.139. The Balaban J connectivity index is 1.84. The molecule has 3 aromatic rings. The third-order valence-corrected chi connectivity index (χ3v) is 4.64. The molecule has 0 aliphatic heterocycles. The molecular weight excluding hydrogens is 446 g/mol. The lowest BCUT2D eigenvalue weighted by atomic mass is 9.95. The Labute approximate surface area is 203 Å². The lowest BCUT2D eigenvalue weighted by Gasteiger charge is -2.12. The van der Waals surface area contributed by atoms with E-state index in [0.717, 1.165) is 22.3 Å². The molecule has 0 saturated heterocycles. The van der Waals surface area contributed by atoms with Crippen molar-refractivity contribution < 1.29 is 28.5 Å². The standard InChI is InChI=1S/C28H21NO6/c1-3-32-27(30)18-34-24-13-7-21(8-14-24)26(17-20-5-11-23(29)12-6-20)22-9-15-25(16-10-22)35-19-28(31)33-4-2/h1-2,5-17H,18-19,29H2. The van der Waals surface area contributed by atoms with E-state index in [4.69, 9.17) is 28.1 Å². The number of carbonyl (C=O) groups excluding carboxylic acids is 2. The number of anilines is 1. The number of nitrogen functional groups attached to an aromatic ring is 1. The Morgan fingerprint density at radius 3 is 1.54 bits per heavy atom. The number of ether oxygens (including phenoxy) is 4. The number of carbonyl (C=O) groups is 2. The molecule has 2 N–H and O–H groups in total. The van der Waals surface area contributed by atoms with Crippen molar-refractivity contribution in [1.29, 1.82) is 0 Å². The van der Waals surface area contributed by atoms with Crippen molar-refractivity contribution in [2.24, 2.45) is 0 Å². The first-order valence-corrected chi connectivity index (χ1v) is 10.3. The van der Waals surface area contributed by atoms with Gasteiger partial charge in [0.05, 0.1) is 0 Å². The maximum atomic E-state index is 11.4. The first-order valence-electron chi connectivity index (χ1n) is 10.3. The fourth-order valence-electron chi connectivity index (χ4n) is 3.03. The average Bonchev–Trinajstić information content (AvgIpc) is 2.87. The summed E-state index contributed by atoms with van der Waals surface area (Å²) in [6.45, 7) is -0.595. The maximum Gasteiger partial charge on any atom is 0.358 e. The molecule has 3 aromatic carbocycles. The van der Waals surface area contributed by atoms with Crippen molar-refractivity contribution in [2.75, 3.05) is 18.9 Å². The van der Waals surface area contributed by atoms with Gasteiger partial charge < -0.3 is 24.7 Å². The number of benzene rings is 3. The van der Waals surface area contributed by atoms with Crippen LogP contribution >= 0.6 is 0 Å². The highest BCUT2D eigenvalue weighted by molar-refractivity contribution is 5.91. The van der Waals surface area contributed by atoms with E-state index in [-0.39, 0.29) is 13.2 Å². The zero-order chi connectivity index (χ0) is 25.0. The van der Waals surface area contributed by atoms with Gasteiger partial charge in [-0.25, -0.2) is 9.59 Å².